The van der Waals surface area contributed by atoms with E-state index >= 15 is 0 Å². The van der Waals surface area contributed by atoms with E-state index in [2.05, 4.69) is 22.5 Å². The lowest BCUT2D eigenvalue weighted by Gasteiger charge is -2.36. The Labute approximate surface area is 195 Å². The summed E-state index contributed by atoms with van der Waals surface area (Å²) in [4.78, 5) is 24.9. The maximum absolute atomic E-state index is 12.5. The quantitative estimate of drug-likeness (QED) is 0.482. The zero-order valence-corrected chi connectivity index (χ0v) is 19.5. The predicted molar refractivity (Wildman–Crippen MR) is 130 cm³/mol. The van der Waals surface area contributed by atoms with Crippen LogP contribution in [0.5, 0.6) is 11.5 Å². The van der Waals surface area contributed by atoms with Gasteiger partial charge in [0.1, 0.15) is 22.5 Å². The van der Waals surface area contributed by atoms with Crippen molar-refractivity contribution in [3.63, 3.8) is 0 Å². The minimum Gasteiger partial charge on any atom is -0.493 e. The fourth-order valence-corrected chi connectivity index (χ4v) is 5.44. The first kappa shape index (κ1) is 21.2. The van der Waals surface area contributed by atoms with Crippen LogP contribution >= 0.6 is 11.3 Å². The van der Waals surface area contributed by atoms with Crippen molar-refractivity contribution in [3.8, 4) is 22.6 Å². The fourth-order valence-electron chi connectivity index (χ4n) is 4.45. The molecule has 1 atom stereocenters. The Morgan fingerprint density at radius 1 is 1.09 bits per heavy atom. The molecule has 33 heavy (non-hydrogen) atoms. The van der Waals surface area contributed by atoms with E-state index in [0.29, 0.717) is 30.3 Å². The van der Waals surface area contributed by atoms with Crippen LogP contribution in [0, 0.1) is 6.92 Å². The number of anilines is 1. The number of fused-ring (bicyclic) bond motifs is 2. The minimum absolute atomic E-state index is 0.364. The first-order chi connectivity index (χ1) is 16.0. The first-order valence-electron chi connectivity index (χ1n) is 10.6. The maximum Gasteiger partial charge on any atom is 0.240 e. The summed E-state index contributed by atoms with van der Waals surface area (Å²) in [6, 6.07) is 13.5. The minimum atomic E-state index is -0.490. The SMILES string of the molecule is COc1ccc(-c2csc3nc(C)nc(N4Cc5ccccc5C[C@@H]4C(N)=O)c23)cc1OC. The van der Waals surface area contributed by atoms with Crippen molar-refractivity contribution >= 4 is 33.3 Å². The van der Waals surface area contributed by atoms with E-state index in [0.717, 1.165) is 32.7 Å². The lowest BCUT2D eigenvalue weighted by atomic mass is 9.93. The Balaban J connectivity index is 1.71. The molecule has 7 nitrogen and oxygen atoms in total. The fraction of sp³-hybridized carbons (Fsp3) is 0.240. The normalized spacial score (nSPS) is 15.4. The van der Waals surface area contributed by atoms with Gasteiger partial charge in [0, 0.05) is 23.9 Å². The molecule has 5 rings (SSSR count). The molecule has 8 heteroatoms. The first-order valence-corrected chi connectivity index (χ1v) is 11.5. The van der Waals surface area contributed by atoms with E-state index in [1.165, 1.54) is 5.56 Å². The summed E-state index contributed by atoms with van der Waals surface area (Å²) in [6.45, 7) is 2.42. The van der Waals surface area contributed by atoms with Crippen molar-refractivity contribution in [2.75, 3.05) is 19.1 Å². The summed E-state index contributed by atoms with van der Waals surface area (Å²) in [5, 5.41) is 2.98. The summed E-state index contributed by atoms with van der Waals surface area (Å²) >= 11 is 1.55. The topological polar surface area (TPSA) is 90.6 Å². The Kier molecular flexibility index (Phi) is 5.38. The van der Waals surface area contributed by atoms with Crippen molar-refractivity contribution in [1.82, 2.24) is 9.97 Å². The number of hydrogen-bond donors (Lipinski definition) is 1. The summed E-state index contributed by atoms with van der Waals surface area (Å²) in [7, 11) is 3.23. The van der Waals surface area contributed by atoms with Gasteiger partial charge >= 0.3 is 0 Å². The van der Waals surface area contributed by atoms with Gasteiger partial charge in [-0.2, -0.15) is 0 Å². The number of amides is 1. The molecule has 2 aromatic heterocycles. The molecule has 0 saturated heterocycles. The van der Waals surface area contributed by atoms with Gasteiger partial charge in [-0.25, -0.2) is 9.97 Å². The van der Waals surface area contributed by atoms with Crippen molar-refractivity contribution in [2.24, 2.45) is 5.73 Å². The highest BCUT2D eigenvalue weighted by Crippen LogP contribution is 2.42. The third-order valence-corrected chi connectivity index (χ3v) is 6.94. The molecule has 1 amide bonds. The van der Waals surface area contributed by atoms with Gasteiger partial charge in [-0.15, -0.1) is 11.3 Å². The van der Waals surface area contributed by atoms with E-state index in [1.54, 1.807) is 25.6 Å². The Morgan fingerprint density at radius 2 is 1.85 bits per heavy atom. The number of aryl methyl sites for hydroxylation is 1. The van der Waals surface area contributed by atoms with Crippen LogP contribution < -0.4 is 20.1 Å². The smallest absolute Gasteiger partial charge is 0.240 e. The zero-order chi connectivity index (χ0) is 23.1. The van der Waals surface area contributed by atoms with Gasteiger partial charge in [-0.1, -0.05) is 30.3 Å². The van der Waals surface area contributed by atoms with Gasteiger partial charge in [0.25, 0.3) is 0 Å². The number of nitrogens with two attached hydrogens (primary N) is 1. The van der Waals surface area contributed by atoms with E-state index < -0.39 is 6.04 Å². The number of nitrogens with zero attached hydrogens (tertiary/aromatic N) is 3. The molecule has 0 bridgehead atoms. The van der Waals surface area contributed by atoms with Gasteiger partial charge in [-0.3, -0.25) is 4.79 Å². The molecule has 0 aliphatic carbocycles. The lowest BCUT2D eigenvalue weighted by molar-refractivity contribution is -0.119. The van der Waals surface area contributed by atoms with Crippen LogP contribution in [-0.4, -0.2) is 36.1 Å². The number of ether oxygens (including phenoxy) is 2. The average molecular weight is 461 g/mol. The molecule has 168 valence electrons. The van der Waals surface area contributed by atoms with Gasteiger partial charge in [0.2, 0.25) is 5.91 Å². The summed E-state index contributed by atoms with van der Waals surface area (Å²) < 4.78 is 10.9. The molecule has 1 aliphatic rings. The molecule has 2 N–H and O–H groups in total. The van der Waals surface area contributed by atoms with E-state index in [9.17, 15) is 4.79 Å². The van der Waals surface area contributed by atoms with Crippen molar-refractivity contribution < 1.29 is 14.3 Å². The molecular weight excluding hydrogens is 436 g/mol. The number of rotatable bonds is 5. The zero-order valence-electron chi connectivity index (χ0n) is 18.7. The third kappa shape index (κ3) is 3.66. The third-order valence-electron chi connectivity index (χ3n) is 6.07. The van der Waals surface area contributed by atoms with Crippen LogP contribution in [0.3, 0.4) is 0 Å². The van der Waals surface area contributed by atoms with Crippen LogP contribution in [0.4, 0.5) is 5.82 Å². The monoisotopic (exact) mass is 460 g/mol. The number of methoxy groups -OCH3 is 2. The van der Waals surface area contributed by atoms with Crippen LogP contribution in [0.15, 0.2) is 47.8 Å². The van der Waals surface area contributed by atoms with Crippen LogP contribution in [0.2, 0.25) is 0 Å². The Hall–Kier alpha value is -3.65. The number of benzene rings is 2. The summed E-state index contributed by atoms with van der Waals surface area (Å²) in [5.41, 5.74) is 10.1. The van der Waals surface area contributed by atoms with Crippen molar-refractivity contribution in [2.45, 2.75) is 25.9 Å². The van der Waals surface area contributed by atoms with Gasteiger partial charge < -0.3 is 20.1 Å². The predicted octanol–water partition coefficient (Wildman–Crippen LogP) is 4.10. The van der Waals surface area contributed by atoms with Crippen LogP contribution in [0.25, 0.3) is 21.3 Å². The Morgan fingerprint density at radius 3 is 2.58 bits per heavy atom. The second-order valence-electron chi connectivity index (χ2n) is 8.01. The molecule has 0 fully saturated rings. The molecular formula is C25H24N4O3S. The standard InChI is InChI=1S/C25H24N4O3S/c1-14-27-24(29-12-17-7-5-4-6-15(17)10-19(29)23(26)30)22-18(13-33-25(22)28-14)16-8-9-20(31-2)21(11-16)32-3/h4-9,11,13,19H,10,12H2,1-3H3,(H2,26,30)/t19-/m1/s1. The van der Waals surface area contributed by atoms with E-state index in [-0.39, 0.29) is 5.91 Å². The highest BCUT2D eigenvalue weighted by molar-refractivity contribution is 7.17. The van der Waals surface area contributed by atoms with Gasteiger partial charge in [0.15, 0.2) is 11.5 Å². The van der Waals surface area contributed by atoms with E-state index in [1.807, 2.05) is 42.2 Å². The van der Waals surface area contributed by atoms with Gasteiger partial charge in [-0.05, 0) is 35.7 Å². The Bertz CT molecular complexity index is 1370. The van der Waals surface area contributed by atoms with Crippen LogP contribution in [-0.2, 0) is 17.8 Å². The number of hydrogen-bond acceptors (Lipinski definition) is 7. The highest BCUT2D eigenvalue weighted by atomic mass is 32.1. The molecule has 0 saturated carbocycles. The molecule has 0 radical (unpaired) electrons. The van der Waals surface area contributed by atoms with Crippen molar-refractivity contribution in [3.05, 3.63) is 64.8 Å². The number of primary amides is 1. The summed E-state index contributed by atoms with van der Waals surface area (Å²) in [6.07, 6.45) is 0.547. The molecule has 1 aliphatic heterocycles. The number of carbonyl (C=O) groups is 1. The second-order valence-corrected chi connectivity index (χ2v) is 8.87. The second kappa shape index (κ2) is 8.37. The summed E-state index contributed by atoms with van der Waals surface area (Å²) in [5.74, 6) is 2.32. The average Bonchev–Trinajstić information content (AvgIpc) is 3.25. The van der Waals surface area contributed by atoms with Crippen molar-refractivity contribution in [1.29, 1.82) is 0 Å². The maximum atomic E-state index is 12.5. The largest absolute Gasteiger partial charge is 0.493 e. The molecule has 4 aromatic rings. The molecule has 0 unspecified atom stereocenters. The molecule has 3 heterocycles. The van der Waals surface area contributed by atoms with Crippen LogP contribution in [0.1, 0.15) is 17.0 Å². The number of aromatic nitrogens is 2. The number of carbonyl (C=O) groups excluding carboxylic acids is 1. The van der Waals surface area contributed by atoms with E-state index in [4.69, 9.17) is 20.2 Å². The van der Waals surface area contributed by atoms with Gasteiger partial charge in [0.05, 0.1) is 19.6 Å². The molecule has 2 aromatic carbocycles. The lowest BCUT2D eigenvalue weighted by Crippen LogP contribution is -2.49. The number of thiophene rings is 1. The highest BCUT2D eigenvalue weighted by Gasteiger charge is 2.33. The molecule has 0 spiro atoms.